The maximum absolute atomic E-state index is 5.16. The molecule has 0 fully saturated rings. The summed E-state index contributed by atoms with van der Waals surface area (Å²) >= 11 is 0. The monoisotopic (exact) mass is 707 g/mol. The smallest absolute Gasteiger partial charge is 0.0658 e. The van der Waals surface area contributed by atoms with E-state index in [1.807, 2.05) is 0 Å². The molecule has 0 spiro atoms. The van der Waals surface area contributed by atoms with Gasteiger partial charge in [-0.3, -0.25) is 4.99 Å². The highest BCUT2D eigenvalue weighted by atomic mass is 14.7. The second kappa shape index (κ2) is 14.5. The summed E-state index contributed by atoms with van der Waals surface area (Å²) in [6, 6.07) is 39.9. The second-order valence-corrected chi connectivity index (χ2v) is 17.0. The third kappa shape index (κ3) is 6.24. The van der Waals surface area contributed by atoms with E-state index in [0.29, 0.717) is 11.8 Å². The maximum atomic E-state index is 5.16. The van der Waals surface area contributed by atoms with Crippen LogP contribution in [0.4, 0.5) is 0 Å². The molecule has 2 aliphatic carbocycles. The Bertz CT molecular complexity index is 2290. The van der Waals surface area contributed by atoms with Crippen LogP contribution in [0.3, 0.4) is 0 Å². The molecule has 2 atom stereocenters. The minimum Gasteiger partial charge on any atom is -0.261 e. The summed E-state index contributed by atoms with van der Waals surface area (Å²) in [6.45, 7) is 18.8. The van der Waals surface area contributed by atoms with E-state index in [1.54, 1.807) is 0 Å². The van der Waals surface area contributed by atoms with Crippen molar-refractivity contribution in [2.75, 3.05) is 0 Å². The highest BCUT2D eigenvalue weighted by Gasteiger charge is 2.37. The lowest BCUT2D eigenvalue weighted by Gasteiger charge is -2.39. The molecule has 0 aromatic heterocycles. The van der Waals surface area contributed by atoms with E-state index in [4.69, 9.17) is 11.6 Å². The first kappa shape index (κ1) is 36.2. The van der Waals surface area contributed by atoms with Crippen molar-refractivity contribution in [3.05, 3.63) is 160 Å². The normalized spacial score (nSPS) is 19.7. The van der Waals surface area contributed by atoms with E-state index in [9.17, 15) is 0 Å². The summed E-state index contributed by atoms with van der Waals surface area (Å²) in [7, 11) is 0. The molecule has 3 aliphatic rings. The van der Waals surface area contributed by atoms with Gasteiger partial charge in [0, 0.05) is 22.6 Å². The van der Waals surface area contributed by atoms with E-state index in [0.717, 1.165) is 57.1 Å². The fourth-order valence-electron chi connectivity index (χ4n) is 10.2. The predicted octanol–water partition coefficient (Wildman–Crippen LogP) is 14.5. The fourth-order valence-corrected chi connectivity index (χ4v) is 10.2. The molecule has 0 amide bonds. The zero-order valence-electron chi connectivity index (χ0n) is 33.4. The molecule has 8 rings (SSSR count). The summed E-state index contributed by atoms with van der Waals surface area (Å²) in [4.78, 5) is 5.16. The van der Waals surface area contributed by atoms with Crippen molar-refractivity contribution >= 4 is 11.9 Å². The van der Waals surface area contributed by atoms with Crippen LogP contribution in [0, 0.1) is 5.92 Å². The number of fused-ring (bicyclic) bond motifs is 6. The Kier molecular flexibility index (Phi) is 9.72. The number of nitrogens with zero attached hydrogens (tertiary/aromatic N) is 1. The molecule has 0 N–H and O–H groups in total. The molecule has 274 valence electrons. The molecule has 0 saturated carbocycles. The van der Waals surface area contributed by atoms with Crippen LogP contribution in [-0.4, -0.2) is 6.21 Å². The van der Waals surface area contributed by atoms with Gasteiger partial charge in [-0.2, -0.15) is 0 Å². The Labute approximate surface area is 325 Å². The average Bonchev–Trinajstić information content (AvgIpc) is 3.41. The van der Waals surface area contributed by atoms with E-state index < -0.39 is 0 Å². The van der Waals surface area contributed by atoms with Crippen LogP contribution in [0.1, 0.15) is 125 Å². The molecule has 0 radical (unpaired) electrons. The predicted molar refractivity (Wildman–Crippen MR) is 233 cm³/mol. The first-order chi connectivity index (χ1) is 26.2. The van der Waals surface area contributed by atoms with Crippen molar-refractivity contribution in [1.29, 1.82) is 0 Å². The average molecular weight is 708 g/mol. The zero-order valence-corrected chi connectivity index (χ0v) is 33.4. The topological polar surface area (TPSA) is 12.4 Å². The van der Waals surface area contributed by atoms with Crippen molar-refractivity contribution in [2.45, 2.75) is 110 Å². The van der Waals surface area contributed by atoms with Gasteiger partial charge in [0.25, 0.3) is 0 Å². The third-order valence-electron chi connectivity index (χ3n) is 13.4. The molecule has 1 heteroatoms. The second-order valence-electron chi connectivity index (χ2n) is 17.0. The van der Waals surface area contributed by atoms with Crippen molar-refractivity contribution in [1.82, 2.24) is 0 Å². The molecular weight excluding hydrogens is 651 g/mol. The molecule has 0 saturated heterocycles. The van der Waals surface area contributed by atoms with Crippen molar-refractivity contribution in [3.63, 3.8) is 0 Å². The van der Waals surface area contributed by atoms with E-state index in [2.05, 4.69) is 157 Å². The minimum atomic E-state index is -0.0838. The van der Waals surface area contributed by atoms with E-state index in [-0.39, 0.29) is 10.8 Å². The quantitative estimate of drug-likeness (QED) is 0.149. The number of aliphatic imine (C=N–C) groups is 1. The number of benzene rings is 5. The van der Waals surface area contributed by atoms with Crippen molar-refractivity contribution in [3.8, 4) is 33.4 Å². The molecule has 5 aromatic rings. The van der Waals surface area contributed by atoms with Crippen LogP contribution < -0.4 is 0 Å². The Balaban J connectivity index is 1.14. The summed E-state index contributed by atoms with van der Waals surface area (Å²) in [5, 5.41) is 0. The number of aryl methyl sites for hydroxylation is 2. The lowest BCUT2D eigenvalue weighted by molar-refractivity contribution is 0.452. The van der Waals surface area contributed by atoms with Gasteiger partial charge in [0.15, 0.2) is 0 Å². The fraction of sp³-hybridized carbons (Fsp3) is 0.340. The first-order valence-electron chi connectivity index (χ1n) is 20.7. The molecule has 1 aliphatic heterocycles. The highest BCUT2D eigenvalue weighted by molar-refractivity contribution is 5.87. The SMILES string of the molecule is C=C1CCc2ccccc2-c2cc(C3CC=C(c4ccc5c(c4)C(C)(C)c4ccc(-c6cccc(CCC)c6)cc4-5)N=CC(C)C3)ccc2C1(CC)CC. The Morgan fingerprint density at radius 1 is 0.685 bits per heavy atom. The van der Waals surface area contributed by atoms with Crippen molar-refractivity contribution in [2.24, 2.45) is 10.9 Å². The lowest BCUT2D eigenvalue weighted by Crippen LogP contribution is -2.29. The lowest BCUT2D eigenvalue weighted by atomic mass is 9.65. The Morgan fingerprint density at radius 2 is 1.44 bits per heavy atom. The molecular formula is C53H57N. The molecule has 2 unspecified atom stereocenters. The van der Waals surface area contributed by atoms with Gasteiger partial charge in [-0.1, -0.05) is 157 Å². The van der Waals surface area contributed by atoms with E-state index in [1.165, 1.54) is 77.9 Å². The van der Waals surface area contributed by atoms with Gasteiger partial charge in [0.05, 0.1) is 5.70 Å². The number of hydrogen-bond donors (Lipinski definition) is 0. The number of allylic oxidation sites excluding steroid dienone is 2. The summed E-state index contributed by atoms with van der Waals surface area (Å²) in [5.41, 5.74) is 20.3. The largest absolute Gasteiger partial charge is 0.261 e. The van der Waals surface area contributed by atoms with Crippen LogP contribution in [0.5, 0.6) is 0 Å². The molecule has 5 aromatic carbocycles. The van der Waals surface area contributed by atoms with Gasteiger partial charge in [0.2, 0.25) is 0 Å². The third-order valence-corrected chi connectivity index (χ3v) is 13.4. The molecule has 1 heterocycles. The van der Waals surface area contributed by atoms with Gasteiger partial charge < -0.3 is 0 Å². The molecule has 54 heavy (non-hydrogen) atoms. The van der Waals surface area contributed by atoms with Gasteiger partial charge >= 0.3 is 0 Å². The summed E-state index contributed by atoms with van der Waals surface area (Å²) in [5.74, 6) is 0.789. The number of rotatable bonds is 7. The first-order valence-corrected chi connectivity index (χ1v) is 20.7. The Hall–Kier alpha value is -4.75. The van der Waals surface area contributed by atoms with Crippen LogP contribution in [0.15, 0.2) is 126 Å². The van der Waals surface area contributed by atoms with Gasteiger partial charge in [-0.05, 0) is 136 Å². The summed E-state index contributed by atoms with van der Waals surface area (Å²) in [6.07, 6.45) is 13.2. The van der Waals surface area contributed by atoms with Crippen LogP contribution in [0.25, 0.3) is 39.1 Å². The van der Waals surface area contributed by atoms with E-state index >= 15 is 0 Å². The minimum absolute atomic E-state index is 0.0115. The Morgan fingerprint density at radius 3 is 2.26 bits per heavy atom. The highest BCUT2D eigenvalue weighted by Crippen LogP contribution is 2.51. The van der Waals surface area contributed by atoms with Crippen LogP contribution in [-0.2, 0) is 23.7 Å². The van der Waals surface area contributed by atoms with Gasteiger partial charge in [-0.15, -0.1) is 0 Å². The van der Waals surface area contributed by atoms with Crippen LogP contribution >= 0.6 is 0 Å². The summed E-state index contributed by atoms with van der Waals surface area (Å²) < 4.78 is 0. The maximum Gasteiger partial charge on any atom is 0.0658 e. The number of hydrogen-bond acceptors (Lipinski definition) is 1. The molecule has 1 nitrogen and oxygen atoms in total. The van der Waals surface area contributed by atoms with Crippen LogP contribution in [0.2, 0.25) is 0 Å². The van der Waals surface area contributed by atoms with Gasteiger partial charge in [0.1, 0.15) is 0 Å². The molecule has 0 bridgehead atoms. The zero-order chi connectivity index (χ0) is 37.6. The van der Waals surface area contributed by atoms with Gasteiger partial charge in [-0.25, -0.2) is 0 Å². The van der Waals surface area contributed by atoms with Crippen molar-refractivity contribution < 1.29 is 0 Å². The standard InChI is InChI=1S/C53H57N/c1-8-14-37-15-13-17-39(30-37)41-22-26-48-47(32-41)45-25-21-43(33-50(45)52(48,6)7)51-28-24-40(29-35(4)34-54-51)42-23-27-49-46(31-42)44-18-12-11-16-38(44)20-19-36(5)53(49,9-2)10-3/h11-13,15-18,21-23,25-28,30-35,40H,5,8-10,14,19-20,24,29H2,1-4,6-7H3.